The summed E-state index contributed by atoms with van der Waals surface area (Å²) in [6.45, 7) is 0.395. The summed E-state index contributed by atoms with van der Waals surface area (Å²) < 4.78 is 11.3. The number of hydrogen-bond acceptors (Lipinski definition) is 4. The van der Waals surface area contributed by atoms with Crippen LogP contribution in [0.4, 0.5) is 0 Å². The van der Waals surface area contributed by atoms with Crippen LogP contribution in [0, 0.1) is 5.92 Å². The molecule has 27 heavy (non-hydrogen) atoms. The fraction of sp³-hybridized carbons (Fsp3) is 0.304. The number of para-hydroxylation sites is 1. The van der Waals surface area contributed by atoms with Crippen LogP contribution in [-0.4, -0.2) is 11.0 Å². The Morgan fingerprint density at radius 1 is 0.889 bits per heavy atom. The van der Waals surface area contributed by atoms with E-state index in [0.29, 0.717) is 12.4 Å². The largest absolute Gasteiger partial charge is 0.487 e. The molecule has 0 atom stereocenters. The lowest BCUT2D eigenvalue weighted by molar-refractivity contribution is -0.139. The Kier molecular flexibility index (Phi) is 5.33. The molecule has 1 heterocycles. The Morgan fingerprint density at radius 2 is 1.63 bits per heavy atom. The van der Waals surface area contributed by atoms with E-state index in [2.05, 4.69) is 11.1 Å². The van der Waals surface area contributed by atoms with Gasteiger partial charge in [0.15, 0.2) is 0 Å². The van der Waals surface area contributed by atoms with Crippen LogP contribution in [0.2, 0.25) is 0 Å². The normalized spacial score (nSPS) is 14.8. The van der Waals surface area contributed by atoms with Crippen LogP contribution in [0.15, 0.2) is 60.7 Å². The number of aromatic nitrogens is 1. The molecule has 1 saturated carbocycles. The maximum atomic E-state index is 12.2. The van der Waals surface area contributed by atoms with E-state index in [0.717, 1.165) is 48.0 Å². The molecule has 0 N–H and O–H groups in total. The van der Waals surface area contributed by atoms with E-state index in [1.807, 2.05) is 42.5 Å². The van der Waals surface area contributed by atoms with Crippen molar-refractivity contribution in [1.82, 2.24) is 4.98 Å². The minimum atomic E-state index is -0.108. The van der Waals surface area contributed by atoms with Gasteiger partial charge >= 0.3 is 5.97 Å². The molecule has 0 aliphatic heterocycles. The van der Waals surface area contributed by atoms with Crippen LogP contribution < -0.4 is 9.47 Å². The first-order valence-corrected chi connectivity index (χ1v) is 9.57. The second-order valence-corrected chi connectivity index (χ2v) is 7.01. The van der Waals surface area contributed by atoms with E-state index in [-0.39, 0.29) is 11.9 Å². The molecule has 1 aromatic heterocycles. The van der Waals surface area contributed by atoms with Gasteiger partial charge in [0.2, 0.25) is 0 Å². The van der Waals surface area contributed by atoms with Gasteiger partial charge in [0.05, 0.1) is 17.1 Å². The van der Waals surface area contributed by atoms with Crippen molar-refractivity contribution in [3.8, 4) is 11.5 Å². The molecule has 1 fully saturated rings. The first-order valence-electron chi connectivity index (χ1n) is 9.57. The molecule has 2 aromatic carbocycles. The highest BCUT2D eigenvalue weighted by Crippen LogP contribution is 2.26. The summed E-state index contributed by atoms with van der Waals surface area (Å²) in [6.07, 6.45) is 5.35. The molecule has 0 spiro atoms. The third-order valence-electron chi connectivity index (χ3n) is 5.02. The first kappa shape index (κ1) is 17.5. The monoisotopic (exact) mass is 361 g/mol. The molecular weight excluding hydrogens is 338 g/mol. The van der Waals surface area contributed by atoms with Gasteiger partial charge in [-0.15, -0.1) is 0 Å². The molecule has 0 bridgehead atoms. The van der Waals surface area contributed by atoms with Crippen LogP contribution in [-0.2, 0) is 11.4 Å². The smallest absolute Gasteiger partial charge is 0.314 e. The maximum Gasteiger partial charge on any atom is 0.314 e. The van der Waals surface area contributed by atoms with Gasteiger partial charge in [0, 0.05) is 5.39 Å². The number of benzene rings is 2. The van der Waals surface area contributed by atoms with Crippen LogP contribution >= 0.6 is 0 Å². The number of nitrogens with zero attached hydrogens (tertiary/aromatic N) is 1. The summed E-state index contributed by atoms with van der Waals surface area (Å²) in [5, 5.41) is 1.12. The second kappa shape index (κ2) is 8.21. The highest BCUT2D eigenvalue weighted by molar-refractivity contribution is 5.78. The predicted molar refractivity (Wildman–Crippen MR) is 105 cm³/mol. The number of carbonyl (C=O) groups is 1. The van der Waals surface area contributed by atoms with Gasteiger partial charge in [0.25, 0.3) is 0 Å². The van der Waals surface area contributed by atoms with Gasteiger partial charge in [-0.25, -0.2) is 4.98 Å². The predicted octanol–water partition coefficient (Wildman–Crippen LogP) is 5.30. The average molecular weight is 361 g/mol. The summed E-state index contributed by atoms with van der Waals surface area (Å²) in [6, 6.07) is 19.3. The molecule has 138 valence electrons. The minimum Gasteiger partial charge on any atom is -0.487 e. The third kappa shape index (κ3) is 4.45. The van der Waals surface area contributed by atoms with Crippen molar-refractivity contribution in [1.29, 1.82) is 0 Å². The molecule has 4 rings (SSSR count). The third-order valence-corrected chi connectivity index (χ3v) is 5.02. The van der Waals surface area contributed by atoms with E-state index >= 15 is 0 Å². The Hall–Kier alpha value is -2.88. The first-order chi connectivity index (χ1) is 13.3. The zero-order valence-corrected chi connectivity index (χ0v) is 15.3. The lowest BCUT2D eigenvalue weighted by atomic mass is 9.89. The standard InChI is InChI=1S/C23H23NO3/c25-23(18-7-2-1-3-8-18)27-21-14-12-20(13-15-21)26-16-19-11-10-17-6-4-5-9-22(17)24-19/h4-6,9-15,18H,1-3,7-8,16H2. The van der Waals surface area contributed by atoms with Gasteiger partial charge in [-0.3, -0.25) is 4.79 Å². The molecule has 3 aromatic rings. The van der Waals surface area contributed by atoms with Crippen LogP contribution in [0.3, 0.4) is 0 Å². The van der Waals surface area contributed by atoms with Gasteiger partial charge in [-0.05, 0) is 49.2 Å². The summed E-state index contributed by atoms with van der Waals surface area (Å²) in [5.74, 6) is 1.24. The van der Waals surface area contributed by atoms with E-state index < -0.39 is 0 Å². The van der Waals surface area contributed by atoms with E-state index in [1.165, 1.54) is 6.42 Å². The molecule has 1 aliphatic rings. The van der Waals surface area contributed by atoms with Crippen LogP contribution in [0.5, 0.6) is 11.5 Å². The van der Waals surface area contributed by atoms with Gasteiger partial charge in [-0.1, -0.05) is 43.5 Å². The number of hydrogen-bond donors (Lipinski definition) is 0. The number of pyridine rings is 1. The van der Waals surface area contributed by atoms with Gasteiger partial charge in [-0.2, -0.15) is 0 Å². The maximum absolute atomic E-state index is 12.2. The second-order valence-electron chi connectivity index (χ2n) is 7.01. The topological polar surface area (TPSA) is 48.4 Å². The van der Waals surface area contributed by atoms with E-state index in [1.54, 1.807) is 12.1 Å². The summed E-state index contributed by atoms with van der Waals surface area (Å²) in [5.41, 5.74) is 1.84. The number of carbonyl (C=O) groups excluding carboxylic acids is 1. The zero-order valence-electron chi connectivity index (χ0n) is 15.3. The van der Waals surface area contributed by atoms with Crippen molar-refractivity contribution < 1.29 is 14.3 Å². The molecule has 0 saturated heterocycles. The van der Waals surface area contributed by atoms with Crippen molar-refractivity contribution in [2.24, 2.45) is 5.92 Å². The SMILES string of the molecule is O=C(Oc1ccc(OCc2ccc3ccccc3n2)cc1)C1CCCCC1. The lowest BCUT2D eigenvalue weighted by Gasteiger charge is -2.19. The van der Waals surface area contributed by atoms with E-state index in [4.69, 9.17) is 9.47 Å². The number of ether oxygens (including phenoxy) is 2. The van der Waals surface area contributed by atoms with Crippen LogP contribution in [0.25, 0.3) is 10.9 Å². The summed E-state index contributed by atoms with van der Waals surface area (Å²) >= 11 is 0. The fourth-order valence-corrected chi connectivity index (χ4v) is 3.49. The lowest BCUT2D eigenvalue weighted by Crippen LogP contribution is -2.22. The quantitative estimate of drug-likeness (QED) is 0.457. The van der Waals surface area contributed by atoms with Crippen molar-refractivity contribution in [2.75, 3.05) is 0 Å². The summed E-state index contributed by atoms with van der Waals surface area (Å²) in [7, 11) is 0. The molecule has 1 aliphatic carbocycles. The fourth-order valence-electron chi connectivity index (χ4n) is 3.49. The van der Waals surface area contributed by atoms with Crippen molar-refractivity contribution >= 4 is 16.9 Å². The Morgan fingerprint density at radius 3 is 2.44 bits per heavy atom. The Labute approximate surface area is 159 Å². The van der Waals surface area contributed by atoms with Gasteiger partial charge in [0.1, 0.15) is 18.1 Å². The Bertz CT molecular complexity index is 914. The van der Waals surface area contributed by atoms with Crippen molar-refractivity contribution in [2.45, 2.75) is 38.7 Å². The van der Waals surface area contributed by atoms with E-state index in [9.17, 15) is 4.79 Å². The van der Waals surface area contributed by atoms with Crippen molar-refractivity contribution in [3.63, 3.8) is 0 Å². The minimum absolute atomic E-state index is 0.0497. The molecule has 0 unspecified atom stereocenters. The van der Waals surface area contributed by atoms with Gasteiger partial charge < -0.3 is 9.47 Å². The molecule has 0 amide bonds. The number of rotatable bonds is 5. The molecule has 4 nitrogen and oxygen atoms in total. The molecule has 4 heteroatoms. The highest BCUT2D eigenvalue weighted by atomic mass is 16.5. The van der Waals surface area contributed by atoms with Crippen molar-refractivity contribution in [3.05, 3.63) is 66.4 Å². The van der Waals surface area contributed by atoms with Crippen LogP contribution in [0.1, 0.15) is 37.8 Å². The highest BCUT2D eigenvalue weighted by Gasteiger charge is 2.22. The molecular formula is C23H23NO3. The summed E-state index contributed by atoms with van der Waals surface area (Å²) in [4.78, 5) is 16.8. The number of esters is 1. The Balaban J connectivity index is 1.33. The average Bonchev–Trinajstić information content (AvgIpc) is 2.74. The zero-order chi connectivity index (χ0) is 18.5. The molecule has 0 radical (unpaired) electrons. The number of fused-ring (bicyclic) bond motifs is 1.